The smallest absolute Gasteiger partial charge is 0.337 e. The highest BCUT2D eigenvalue weighted by molar-refractivity contribution is 6.67. The highest BCUT2D eigenvalue weighted by atomic mass is 28.4. The molecular formula is C8H21NO2Si. The molecule has 74 valence electrons. The quantitative estimate of drug-likeness (QED) is 0.620. The monoisotopic (exact) mass is 191 g/mol. The van der Waals surface area contributed by atoms with Crippen molar-refractivity contribution >= 4 is 8.56 Å². The van der Waals surface area contributed by atoms with Crippen LogP contribution >= 0.6 is 0 Å². The average molecular weight is 191 g/mol. The van der Waals surface area contributed by atoms with Crippen LogP contribution < -0.4 is 5.73 Å². The van der Waals surface area contributed by atoms with E-state index in [1.54, 1.807) is 14.2 Å². The summed E-state index contributed by atoms with van der Waals surface area (Å²) in [5.41, 5.74) is 5.45. The molecule has 4 heteroatoms. The third-order valence-corrected chi connectivity index (χ3v) is 6.00. The summed E-state index contributed by atoms with van der Waals surface area (Å²) in [6.45, 7) is 2.88. The third kappa shape index (κ3) is 3.67. The number of hydrogen-bond donors (Lipinski definition) is 1. The van der Waals surface area contributed by atoms with Gasteiger partial charge in [-0.3, -0.25) is 0 Å². The van der Waals surface area contributed by atoms with E-state index in [0.717, 1.165) is 31.5 Å². The van der Waals surface area contributed by atoms with Crippen LogP contribution in [0.5, 0.6) is 0 Å². The van der Waals surface area contributed by atoms with E-state index in [1.165, 1.54) is 0 Å². The zero-order chi connectivity index (χ0) is 9.45. The van der Waals surface area contributed by atoms with Gasteiger partial charge in [-0.05, 0) is 25.1 Å². The van der Waals surface area contributed by atoms with Crippen LogP contribution in [0.25, 0.3) is 0 Å². The number of rotatable bonds is 7. The maximum Gasteiger partial charge on any atom is 0.337 e. The molecule has 0 saturated heterocycles. The first kappa shape index (κ1) is 12.1. The predicted molar refractivity (Wildman–Crippen MR) is 53.3 cm³/mol. The van der Waals surface area contributed by atoms with Crippen molar-refractivity contribution in [3.05, 3.63) is 0 Å². The minimum Gasteiger partial charge on any atom is -0.398 e. The normalized spacial score (nSPS) is 12.0. The Hall–Kier alpha value is 0.0969. The Labute approximate surface area is 76.5 Å². The van der Waals surface area contributed by atoms with E-state index in [-0.39, 0.29) is 0 Å². The summed E-state index contributed by atoms with van der Waals surface area (Å²) in [5, 5.41) is 0. The largest absolute Gasteiger partial charge is 0.398 e. The van der Waals surface area contributed by atoms with Crippen LogP contribution in [0.1, 0.15) is 19.8 Å². The van der Waals surface area contributed by atoms with Gasteiger partial charge in [0.25, 0.3) is 0 Å². The fraction of sp³-hybridized carbons (Fsp3) is 1.00. The molecule has 12 heavy (non-hydrogen) atoms. The first-order valence-corrected chi connectivity index (χ1v) is 6.78. The highest BCUT2D eigenvalue weighted by Gasteiger charge is 2.33. The topological polar surface area (TPSA) is 44.5 Å². The Morgan fingerprint density at radius 3 is 2.08 bits per heavy atom. The van der Waals surface area contributed by atoms with Crippen molar-refractivity contribution in [3.63, 3.8) is 0 Å². The van der Waals surface area contributed by atoms with Gasteiger partial charge in [-0.25, -0.2) is 0 Å². The van der Waals surface area contributed by atoms with Crippen molar-refractivity contribution in [2.75, 3.05) is 20.8 Å². The van der Waals surface area contributed by atoms with Gasteiger partial charge in [-0.2, -0.15) is 0 Å². The highest BCUT2D eigenvalue weighted by Crippen LogP contribution is 2.20. The summed E-state index contributed by atoms with van der Waals surface area (Å²) in [6, 6.07) is 2.09. The summed E-state index contributed by atoms with van der Waals surface area (Å²) in [5.74, 6) is 0. The second kappa shape index (κ2) is 6.60. The van der Waals surface area contributed by atoms with Crippen LogP contribution in [0.15, 0.2) is 0 Å². The molecule has 0 aliphatic carbocycles. The molecule has 0 aromatic rings. The Bertz CT molecular complexity index is 107. The molecule has 0 aliphatic rings. The van der Waals surface area contributed by atoms with E-state index in [9.17, 15) is 0 Å². The molecule has 0 atom stereocenters. The van der Waals surface area contributed by atoms with Gasteiger partial charge in [0, 0.05) is 14.2 Å². The molecule has 0 saturated carbocycles. The van der Waals surface area contributed by atoms with E-state index < -0.39 is 8.56 Å². The minimum atomic E-state index is -1.84. The first-order valence-electron chi connectivity index (χ1n) is 4.55. The standard InChI is InChI=1S/C8H21NO2Si/c1-4-7-12(10-2,11-3)8-5-6-9/h4-9H2,1-3H3. The summed E-state index contributed by atoms with van der Waals surface area (Å²) in [6.07, 6.45) is 2.13. The van der Waals surface area contributed by atoms with Crippen LogP contribution in [0.4, 0.5) is 0 Å². The molecule has 0 fully saturated rings. The van der Waals surface area contributed by atoms with Crippen LogP contribution in [0.3, 0.4) is 0 Å². The molecule has 2 N–H and O–H groups in total. The molecule has 0 amide bonds. The van der Waals surface area contributed by atoms with Gasteiger partial charge in [0.2, 0.25) is 0 Å². The molecular weight excluding hydrogens is 170 g/mol. The maximum atomic E-state index is 5.49. The van der Waals surface area contributed by atoms with Gasteiger partial charge < -0.3 is 14.6 Å². The lowest BCUT2D eigenvalue weighted by Gasteiger charge is -2.26. The summed E-state index contributed by atoms with van der Waals surface area (Å²) in [4.78, 5) is 0. The van der Waals surface area contributed by atoms with E-state index in [2.05, 4.69) is 6.92 Å². The fourth-order valence-electron chi connectivity index (χ4n) is 1.37. The molecule has 0 spiro atoms. The zero-order valence-electron chi connectivity index (χ0n) is 8.43. The van der Waals surface area contributed by atoms with Gasteiger partial charge in [-0.15, -0.1) is 0 Å². The summed E-state index contributed by atoms with van der Waals surface area (Å²) in [7, 11) is 1.66. The van der Waals surface area contributed by atoms with Gasteiger partial charge in [-0.1, -0.05) is 13.3 Å². The van der Waals surface area contributed by atoms with Crippen LogP contribution in [0, 0.1) is 0 Å². The second-order valence-corrected chi connectivity index (χ2v) is 6.60. The lowest BCUT2D eigenvalue weighted by Crippen LogP contribution is -2.40. The lowest BCUT2D eigenvalue weighted by atomic mass is 10.5. The summed E-state index contributed by atoms with van der Waals surface area (Å²) >= 11 is 0. The van der Waals surface area contributed by atoms with Crippen molar-refractivity contribution in [1.82, 2.24) is 0 Å². The number of nitrogens with two attached hydrogens (primary N) is 1. The second-order valence-electron chi connectivity index (χ2n) is 2.96. The zero-order valence-corrected chi connectivity index (χ0v) is 9.43. The maximum absolute atomic E-state index is 5.49. The van der Waals surface area contributed by atoms with E-state index in [1.807, 2.05) is 0 Å². The molecule has 0 heterocycles. The predicted octanol–water partition coefficient (Wildman–Crippen LogP) is 1.48. The van der Waals surface area contributed by atoms with Crippen LogP contribution in [-0.4, -0.2) is 29.3 Å². The van der Waals surface area contributed by atoms with Gasteiger partial charge in [0.1, 0.15) is 0 Å². The van der Waals surface area contributed by atoms with Gasteiger partial charge in [0.15, 0.2) is 0 Å². The van der Waals surface area contributed by atoms with Gasteiger partial charge in [0.05, 0.1) is 0 Å². The van der Waals surface area contributed by atoms with Gasteiger partial charge >= 0.3 is 8.56 Å². The molecule has 0 unspecified atom stereocenters. The van der Waals surface area contributed by atoms with E-state index in [4.69, 9.17) is 14.6 Å². The molecule has 0 radical (unpaired) electrons. The lowest BCUT2D eigenvalue weighted by molar-refractivity contribution is 0.240. The van der Waals surface area contributed by atoms with Crippen molar-refractivity contribution in [1.29, 1.82) is 0 Å². The van der Waals surface area contributed by atoms with Crippen molar-refractivity contribution in [3.8, 4) is 0 Å². The van der Waals surface area contributed by atoms with E-state index >= 15 is 0 Å². The number of hydrogen-bond acceptors (Lipinski definition) is 3. The SMILES string of the molecule is CCC[Si](CCCN)(OC)OC. The van der Waals surface area contributed by atoms with Crippen molar-refractivity contribution in [2.24, 2.45) is 5.73 Å². The Balaban J connectivity index is 3.95. The Morgan fingerprint density at radius 2 is 1.75 bits per heavy atom. The Kier molecular flexibility index (Phi) is 6.65. The van der Waals surface area contributed by atoms with Crippen molar-refractivity contribution < 1.29 is 8.85 Å². The minimum absolute atomic E-state index is 0.727. The fourth-order valence-corrected chi connectivity index (χ4v) is 4.11. The molecule has 0 bridgehead atoms. The third-order valence-electron chi connectivity index (χ3n) is 2.14. The first-order chi connectivity index (χ1) is 5.74. The molecule has 0 aromatic carbocycles. The summed E-state index contributed by atoms with van der Waals surface area (Å²) < 4.78 is 11.0. The van der Waals surface area contributed by atoms with Crippen LogP contribution in [-0.2, 0) is 8.85 Å². The molecule has 0 aliphatic heterocycles. The molecule has 0 aromatic heterocycles. The molecule has 0 rings (SSSR count). The van der Waals surface area contributed by atoms with Crippen LogP contribution in [0.2, 0.25) is 12.1 Å². The van der Waals surface area contributed by atoms with E-state index in [0.29, 0.717) is 0 Å². The molecule has 3 nitrogen and oxygen atoms in total. The average Bonchev–Trinajstić information content (AvgIpc) is 2.13. The van der Waals surface area contributed by atoms with Crippen molar-refractivity contribution in [2.45, 2.75) is 31.9 Å². The Morgan fingerprint density at radius 1 is 1.17 bits per heavy atom.